The Kier molecular flexibility index (Phi) is 6.50. The van der Waals surface area contributed by atoms with Crippen LogP contribution in [0.2, 0.25) is 0 Å². The molecule has 1 unspecified atom stereocenters. The van der Waals surface area contributed by atoms with Crippen LogP contribution in [0.15, 0.2) is 84.9 Å². The van der Waals surface area contributed by atoms with Crippen LogP contribution in [0.3, 0.4) is 0 Å². The molecule has 5 rings (SSSR count). The van der Waals surface area contributed by atoms with Gasteiger partial charge in [-0.3, -0.25) is 29.0 Å². The first-order valence-corrected chi connectivity index (χ1v) is 12.3. The Morgan fingerprint density at radius 1 is 0.816 bits per heavy atom. The standard InChI is InChI=1S/C29H25N3O6/c1-2-21(32-25(34)22-15-9-10-16-23(22)26(32)35)18-38-24(33)17-31-27(36)29(30-28(31)37,19-11-5-3-6-12-19)20-13-7-4-8-14-20/h3-16,21H,2,17-18H2,1H3,(H,30,37). The number of esters is 1. The predicted octanol–water partition coefficient (Wildman–Crippen LogP) is 3.10. The van der Waals surface area contributed by atoms with Gasteiger partial charge in [-0.2, -0.15) is 0 Å². The molecular formula is C29H25N3O6. The molecule has 2 aliphatic rings. The van der Waals surface area contributed by atoms with E-state index >= 15 is 0 Å². The lowest BCUT2D eigenvalue weighted by Gasteiger charge is -2.28. The zero-order valence-electron chi connectivity index (χ0n) is 20.6. The second-order valence-corrected chi connectivity index (χ2v) is 9.07. The van der Waals surface area contributed by atoms with Crippen molar-refractivity contribution >= 4 is 29.7 Å². The van der Waals surface area contributed by atoms with E-state index in [1.165, 1.54) is 0 Å². The number of hydrogen-bond acceptors (Lipinski definition) is 6. The Morgan fingerprint density at radius 2 is 1.32 bits per heavy atom. The summed E-state index contributed by atoms with van der Waals surface area (Å²) in [6.45, 7) is 0.894. The minimum Gasteiger partial charge on any atom is -0.462 e. The number of carbonyl (C=O) groups excluding carboxylic acids is 5. The molecule has 2 aliphatic heterocycles. The van der Waals surface area contributed by atoms with Crippen molar-refractivity contribution in [3.63, 3.8) is 0 Å². The predicted molar refractivity (Wildman–Crippen MR) is 136 cm³/mol. The van der Waals surface area contributed by atoms with Crippen LogP contribution in [0.25, 0.3) is 0 Å². The Balaban J connectivity index is 1.31. The van der Waals surface area contributed by atoms with E-state index in [2.05, 4.69) is 5.32 Å². The second kappa shape index (κ2) is 9.93. The third kappa shape index (κ3) is 4.02. The van der Waals surface area contributed by atoms with Crippen molar-refractivity contribution in [3.05, 3.63) is 107 Å². The lowest BCUT2D eigenvalue weighted by atomic mass is 9.82. The molecule has 5 amide bonds. The Bertz CT molecular complexity index is 1350. The molecule has 9 nitrogen and oxygen atoms in total. The summed E-state index contributed by atoms with van der Waals surface area (Å²) in [6.07, 6.45) is 0.354. The zero-order valence-corrected chi connectivity index (χ0v) is 20.6. The number of carbonyl (C=O) groups is 5. The van der Waals surface area contributed by atoms with E-state index in [0.717, 1.165) is 9.80 Å². The van der Waals surface area contributed by atoms with Crippen molar-refractivity contribution in [3.8, 4) is 0 Å². The molecule has 0 bridgehead atoms. The topological polar surface area (TPSA) is 113 Å². The summed E-state index contributed by atoms with van der Waals surface area (Å²) in [5, 5.41) is 2.78. The fourth-order valence-electron chi connectivity index (χ4n) is 4.93. The van der Waals surface area contributed by atoms with Crippen LogP contribution in [0.5, 0.6) is 0 Å². The first-order chi connectivity index (χ1) is 18.4. The van der Waals surface area contributed by atoms with Crippen LogP contribution in [0.4, 0.5) is 4.79 Å². The summed E-state index contributed by atoms with van der Waals surface area (Å²) in [4.78, 5) is 67.1. The maximum Gasteiger partial charge on any atom is 0.326 e. The summed E-state index contributed by atoms with van der Waals surface area (Å²) in [7, 11) is 0. The molecule has 192 valence electrons. The molecule has 0 aromatic heterocycles. The average Bonchev–Trinajstić information content (AvgIpc) is 3.35. The number of hydrogen-bond donors (Lipinski definition) is 1. The van der Waals surface area contributed by atoms with Crippen molar-refractivity contribution in [2.45, 2.75) is 24.9 Å². The molecule has 0 aliphatic carbocycles. The highest BCUT2D eigenvalue weighted by molar-refractivity contribution is 6.21. The van der Waals surface area contributed by atoms with Gasteiger partial charge < -0.3 is 10.1 Å². The number of benzene rings is 3. The van der Waals surface area contributed by atoms with Gasteiger partial charge in [-0.15, -0.1) is 0 Å². The average molecular weight is 512 g/mol. The molecular weight excluding hydrogens is 486 g/mol. The minimum atomic E-state index is -1.49. The molecule has 1 fully saturated rings. The number of nitrogens with one attached hydrogen (secondary N) is 1. The first-order valence-electron chi connectivity index (χ1n) is 12.3. The normalized spacial score (nSPS) is 16.9. The number of nitrogens with zero attached hydrogens (tertiary/aromatic N) is 2. The lowest BCUT2D eigenvalue weighted by Crippen LogP contribution is -2.46. The quantitative estimate of drug-likeness (QED) is 0.283. The van der Waals surface area contributed by atoms with Gasteiger partial charge in [0.15, 0.2) is 5.54 Å². The summed E-state index contributed by atoms with van der Waals surface area (Å²) < 4.78 is 5.38. The van der Waals surface area contributed by atoms with Gasteiger partial charge in [0, 0.05) is 0 Å². The fraction of sp³-hybridized carbons (Fsp3) is 0.207. The highest BCUT2D eigenvalue weighted by Crippen LogP contribution is 2.36. The van der Waals surface area contributed by atoms with Crippen molar-refractivity contribution in [2.24, 2.45) is 0 Å². The van der Waals surface area contributed by atoms with Crippen LogP contribution < -0.4 is 5.32 Å². The molecule has 3 aromatic rings. The van der Waals surface area contributed by atoms with E-state index < -0.39 is 47.8 Å². The summed E-state index contributed by atoms with van der Waals surface area (Å²) in [5.74, 6) is -2.33. The van der Waals surface area contributed by atoms with Gasteiger partial charge in [-0.1, -0.05) is 79.7 Å². The van der Waals surface area contributed by atoms with Gasteiger partial charge in [0.1, 0.15) is 13.2 Å². The molecule has 1 saturated heterocycles. The summed E-state index contributed by atoms with van der Waals surface area (Å²) in [5.41, 5.74) is 0.222. The van der Waals surface area contributed by atoms with Crippen molar-refractivity contribution in [1.82, 2.24) is 15.1 Å². The molecule has 38 heavy (non-hydrogen) atoms. The number of amides is 5. The highest BCUT2D eigenvalue weighted by Gasteiger charge is 2.54. The highest BCUT2D eigenvalue weighted by atomic mass is 16.5. The molecule has 0 radical (unpaired) electrons. The van der Waals surface area contributed by atoms with Crippen LogP contribution >= 0.6 is 0 Å². The molecule has 9 heteroatoms. The molecule has 1 atom stereocenters. The number of imide groups is 2. The van der Waals surface area contributed by atoms with E-state index in [9.17, 15) is 24.0 Å². The van der Waals surface area contributed by atoms with Crippen molar-refractivity contribution < 1.29 is 28.7 Å². The molecule has 1 N–H and O–H groups in total. The fourth-order valence-corrected chi connectivity index (χ4v) is 4.93. The minimum absolute atomic E-state index is 0.257. The SMILES string of the molecule is CCC(COC(=O)CN1C(=O)NC(c2ccccc2)(c2ccccc2)C1=O)N1C(=O)c2ccccc2C1=O. The molecule has 0 spiro atoms. The van der Waals surface area contributed by atoms with Crippen molar-refractivity contribution in [2.75, 3.05) is 13.2 Å². The van der Waals surface area contributed by atoms with Gasteiger partial charge in [-0.25, -0.2) is 4.79 Å². The van der Waals surface area contributed by atoms with Gasteiger partial charge in [0.05, 0.1) is 17.2 Å². The smallest absolute Gasteiger partial charge is 0.326 e. The molecule has 0 saturated carbocycles. The van der Waals surface area contributed by atoms with Crippen molar-refractivity contribution in [1.29, 1.82) is 0 Å². The number of urea groups is 1. The maximum absolute atomic E-state index is 13.7. The Morgan fingerprint density at radius 3 is 1.82 bits per heavy atom. The third-order valence-corrected chi connectivity index (χ3v) is 6.90. The van der Waals surface area contributed by atoms with Crippen LogP contribution in [-0.4, -0.2) is 58.7 Å². The molecule has 3 aromatic carbocycles. The second-order valence-electron chi connectivity index (χ2n) is 9.07. The maximum atomic E-state index is 13.7. The van der Waals surface area contributed by atoms with E-state index in [4.69, 9.17) is 4.74 Å². The Labute approximate surface area is 219 Å². The van der Waals surface area contributed by atoms with Gasteiger partial charge >= 0.3 is 12.0 Å². The van der Waals surface area contributed by atoms with Crippen LogP contribution in [-0.2, 0) is 19.9 Å². The first kappa shape index (κ1) is 24.9. The van der Waals surface area contributed by atoms with Gasteiger partial charge in [0.2, 0.25) is 0 Å². The van der Waals surface area contributed by atoms with E-state index in [1.54, 1.807) is 91.9 Å². The van der Waals surface area contributed by atoms with Crippen LogP contribution in [0.1, 0.15) is 45.2 Å². The van der Waals surface area contributed by atoms with Gasteiger partial charge in [0.25, 0.3) is 17.7 Å². The van der Waals surface area contributed by atoms with Crippen LogP contribution in [0, 0.1) is 0 Å². The van der Waals surface area contributed by atoms with E-state index in [-0.39, 0.29) is 6.61 Å². The largest absolute Gasteiger partial charge is 0.462 e. The number of fused-ring (bicyclic) bond motifs is 1. The number of rotatable bonds is 8. The molecule has 2 heterocycles. The lowest BCUT2D eigenvalue weighted by molar-refractivity contribution is -0.148. The Hall–Kier alpha value is -4.79. The summed E-state index contributed by atoms with van der Waals surface area (Å²) in [6, 6.07) is 22.7. The monoisotopic (exact) mass is 511 g/mol. The van der Waals surface area contributed by atoms with E-state index in [1.807, 2.05) is 0 Å². The van der Waals surface area contributed by atoms with E-state index in [0.29, 0.717) is 28.7 Å². The summed E-state index contributed by atoms with van der Waals surface area (Å²) >= 11 is 0. The number of ether oxygens (including phenoxy) is 1. The zero-order chi connectivity index (χ0) is 26.9. The van der Waals surface area contributed by atoms with Gasteiger partial charge in [-0.05, 0) is 29.7 Å². The third-order valence-electron chi connectivity index (χ3n) is 6.90.